The van der Waals surface area contributed by atoms with Crippen LogP contribution in [-0.4, -0.2) is 11.2 Å². The molecule has 1 aromatic rings. The molecule has 0 amide bonds. The van der Waals surface area contributed by atoms with E-state index in [0.29, 0.717) is 5.92 Å². The lowest BCUT2D eigenvalue weighted by Crippen LogP contribution is -2.44. The van der Waals surface area contributed by atoms with E-state index in [4.69, 9.17) is 5.26 Å². The average molecular weight is 301 g/mol. The quantitative estimate of drug-likeness (QED) is 0.818. The normalized spacial score (nSPS) is 29.1. The molecule has 2 saturated carbocycles. The summed E-state index contributed by atoms with van der Waals surface area (Å²) >= 11 is 1.78. The van der Waals surface area contributed by atoms with Crippen molar-refractivity contribution in [2.24, 2.45) is 11.8 Å². The lowest BCUT2D eigenvalue weighted by molar-refractivity contribution is 0.0328. The van der Waals surface area contributed by atoms with Gasteiger partial charge in [-0.15, -0.1) is 11.3 Å². The van der Waals surface area contributed by atoms with Gasteiger partial charge in [-0.1, -0.05) is 24.6 Å². The minimum atomic E-state index is -0.269. The predicted octanol–water partition coefficient (Wildman–Crippen LogP) is 4.42. The molecule has 3 heteroatoms. The van der Waals surface area contributed by atoms with Crippen LogP contribution in [0.2, 0.25) is 0 Å². The van der Waals surface area contributed by atoms with Crippen LogP contribution in [0.25, 0.3) is 0 Å². The summed E-state index contributed by atoms with van der Waals surface area (Å²) in [6.45, 7) is 0. The van der Waals surface area contributed by atoms with Crippen LogP contribution in [0.5, 0.6) is 0 Å². The first-order valence-corrected chi connectivity index (χ1v) is 8.91. The number of nitriles is 1. The van der Waals surface area contributed by atoms with E-state index >= 15 is 0 Å². The molecule has 3 rings (SSSR count). The minimum absolute atomic E-state index is 0.0172. The molecule has 112 valence electrons. The van der Waals surface area contributed by atoms with Crippen LogP contribution in [0.3, 0.4) is 0 Å². The Bertz CT molecular complexity index is 524. The van der Waals surface area contributed by atoms with E-state index in [1.165, 1.54) is 11.3 Å². The summed E-state index contributed by atoms with van der Waals surface area (Å²) in [4.78, 5) is 1.35. The zero-order valence-electron chi connectivity index (χ0n) is 12.4. The largest absolute Gasteiger partial charge is 0.392 e. The van der Waals surface area contributed by atoms with Gasteiger partial charge in [0, 0.05) is 16.2 Å². The molecule has 3 atom stereocenters. The standard InChI is InChI=1S/C18H23NOS/c19-13-15-8-7-14(12-15)4-1-5-16(20)18(9-3-10-18)17-6-2-11-21-17/h1-2,4,6,11,14-16,20H,3,5,7-10,12H2/b4-1+/t14-,15?,16?/m0/s1. The molecule has 0 saturated heterocycles. The van der Waals surface area contributed by atoms with E-state index in [0.717, 1.165) is 38.5 Å². The summed E-state index contributed by atoms with van der Waals surface area (Å²) in [6.07, 6.45) is 11.5. The van der Waals surface area contributed by atoms with Crippen molar-refractivity contribution in [1.82, 2.24) is 0 Å². The summed E-state index contributed by atoms with van der Waals surface area (Å²) in [5, 5.41) is 21.7. The molecule has 2 fully saturated rings. The average Bonchev–Trinajstić information content (AvgIpc) is 3.09. The third-order valence-electron chi connectivity index (χ3n) is 5.32. The van der Waals surface area contributed by atoms with Gasteiger partial charge in [0.1, 0.15) is 0 Å². The van der Waals surface area contributed by atoms with E-state index < -0.39 is 0 Å². The molecule has 0 aliphatic heterocycles. The highest BCUT2D eigenvalue weighted by Crippen LogP contribution is 2.49. The molecule has 1 aromatic heterocycles. The molecule has 2 unspecified atom stereocenters. The van der Waals surface area contributed by atoms with Crippen molar-refractivity contribution in [3.63, 3.8) is 0 Å². The van der Waals surface area contributed by atoms with Gasteiger partial charge in [-0.05, 0) is 55.9 Å². The third-order valence-corrected chi connectivity index (χ3v) is 6.41. The maximum Gasteiger partial charge on any atom is 0.0679 e. The highest BCUT2D eigenvalue weighted by atomic mass is 32.1. The Labute approximate surface area is 131 Å². The van der Waals surface area contributed by atoms with Crippen molar-refractivity contribution < 1.29 is 5.11 Å². The molecular weight excluding hydrogens is 278 g/mol. The fourth-order valence-electron chi connectivity index (χ4n) is 3.80. The van der Waals surface area contributed by atoms with Gasteiger partial charge < -0.3 is 5.11 Å². The summed E-state index contributed by atoms with van der Waals surface area (Å²) in [5.74, 6) is 0.787. The van der Waals surface area contributed by atoms with E-state index in [-0.39, 0.29) is 17.4 Å². The summed E-state index contributed by atoms with van der Waals surface area (Å²) in [7, 11) is 0. The van der Waals surface area contributed by atoms with Gasteiger partial charge >= 0.3 is 0 Å². The van der Waals surface area contributed by atoms with E-state index in [1.807, 2.05) is 0 Å². The lowest BCUT2D eigenvalue weighted by Gasteiger charge is -2.44. The van der Waals surface area contributed by atoms with Gasteiger partial charge in [0.2, 0.25) is 0 Å². The number of rotatable bonds is 5. The van der Waals surface area contributed by atoms with Gasteiger partial charge in [-0.25, -0.2) is 0 Å². The molecule has 1 heterocycles. The highest BCUT2D eigenvalue weighted by Gasteiger charge is 2.45. The van der Waals surface area contributed by atoms with Crippen molar-refractivity contribution >= 4 is 11.3 Å². The monoisotopic (exact) mass is 301 g/mol. The second-order valence-electron chi connectivity index (χ2n) is 6.57. The number of nitrogens with zero attached hydrogens (tertiary/aromatic N) is 1. The first-order valence-electron chi connectivity index (χ1n) is 8.03. The lowest BCUT2D eigenvalue weighted by atomic mass is 9.63. The molecule has 0 radical (unpaired) electrons. The Morgan fingerprint density at radius 3 is 2.90 bits per heavy atom. The van der Waals surface area contributed by atoms with Crippen molar-refractivity contribution in [3.8, 4) is 6.07 Å². The second-order valence-corrected chi connectivity index (χ2v) is 7.51. The van der Waals surface area contributed by atoms with Crippen molar-refractivity contribution in [1.29, 1.82) is 5.26 Å². The van der Waals surface area contributed by atoms with E-state index in [2.05, 4.69) is 35.7 Å². The van der Waals surface area contributed by atoms with Gasteiger partial charge in [-0.3, -0.25) is 0 Å². The summed E-state index contributed by atoms with van der Waals surface area (Å²) in [6, 6.07) is 6.63. The molecule has 2 aliphatic rings. The van der Waals surface area contributed by atoms with Gasteiger partial charge in [0.25, 0.3) is 0 Å². The molecule has 0 bridgehead atoms. The van der Waals surface area contributed by atoms with Crippen LogP contribution in [0, 0.1) is 23.2 Å². The molecule has 1 N–H and O–H groups in total. The first kappa shape index (κ1) is 14.8. The topological polar surface area (TPSA) is 44.0 Å². The smallest absolute Gasteiger partial charge is 0.0679 e. The van der Waals surface area contributed by atoms with Crippen LogP contribution in [0.4, 0.5) is 0 Å². The maximum atomic E-state index is 10.7. The Morgan fingerprint density at radius 1 is 1.48 bits per heavy atom. The SMILES string of the molecule is N#CC1CC[C@H](/C=C/CC(O)C2(c3cccs3)CCC2)C1. The maximum absolute atomic E-state index is 10.7. The van der Waals surface area contributed by atoms with Crippen LogP contribution < -0.4 is 0 Å². The fraction of sp³-hybridized carbons (Fsp3) is 0.611. The number of allylic oxidation sites excluding steroid dienone is 1. The predicted molar refractivity (Wildman–Crippen MR) is 86.1 cm³/mol. The number of hydrogen-bond acceptors (Lipinski definition) is 3. The van der Waals surface area contributed by atoms with Crippen molar-refractivity contribution in [3.05, 3.63) is 34.5 Å². The van der Waals surface area contributed by atoms with Crippen molar-refractivity contribution in [2.45, 2.75) is 56.5 Å². The summed E-state index contributed by atoms with van der Waals surface area (Å²) in [5.41, 5.74) is 0.0172. The Morgan fingerprint density at radius 2 is 2.33 bits per heavy atom. The molecule has 21 heavy (non-hydrogen) atoms. The van der Waals surface area contributed by atoms with Gasteiger partial charge in [-0.2, -0.15) is 5.26 Å². The van der Waals surface area contributed by atoms with Crippen LogP contribution in [0.15, 0.2) is 29.7 Å². The highest BCUT2D eigenvalue weighted by molar-refractivity contribution is 7.10. The zero-order valence-corrected chi connectivity index (χ0v) is 13.2. The minimum Gasteiger partial charge on any atom is -0.392 e. The van der Waals surface area contributed by atoms with E-state index in [9.17, 15) is 5.11 Å². The van der Waals surface area contributed by atoms with E-state index in [1.54, 1.807) is 11.3 Å². The van der Waals surface area contributed by atoms with Gasteiger partial charge in [0.15, 0.2) is 0 Å². The Kier molecular flexibility index (Phi) is 4.47. The van der Waals surface area contributed by atoms with Crippen LogP contribution in [0.1, 0.15) is 49.8 Å². The summed E-state index contributed by atoms with van der Waals surface area (Å²) < 4.78 is 0. The fourth-order valence-corrected chi connectivity index (χ4v) is 4.83. The van der Waals surface area contributed by atoms with Crippen LogP contribution in [-0.2, 0) is 5.41 Å². The molecule has 0 aromatic carbocycles. The third kappa shape index (κ3) is 2.93. The van der Waals surface area contributed by atoms with Gasteiger partial charge in [0.05, 0.1) is 12.2 Å². The molecular formula is C18H23NOS. The molecule has 2 aliphatic carbocycles. The Hall–Kier alpha value is -1.11. The Balaban J connectivity index is 1.57. The number of aliphatic hydroxyl groups is 1. The molecule has 0 spiro atoms. The zero-order chi connectivity index (χ0) is 14.7. The van der Waals surface area contributed by atoms with Crippen LogP contribution >= 0.6 is 11.3 Å². The molecule has 2 nitrogen and oxygen atoms in total. The first-order chi connectivity index (χ1) is 10.2. The number of aliphatic hydroxyl groups excluding tert-OH is 1. The number of hydrogen-bond donors (Lipinski definition) is 1. The number of thiophene rings is 1. The second kappa shape index (κ2) is 6.34. The van der Waals surface area contributed by atoms with Crippen molar-refractivity contribution in [2.75, 3.05) is 0 Å².